The molecule has 1 fully saturated rings. The van der Waals surface area contributed by atoms with E-state index in [0.717, 1.165) is 19.5 Å². The van der Waals surface area contributed by atoms with Gasteiger partial charge in [0.25, 0.3) is 0 Å². The number of nitriles is 1. The lowest BCUT2D eigenvalue weighted by Gasteiger charge is -2.38. The molecule has 0 saturated carbocycles. The predicted octanol–water partition coefficient (Wildman–Crippen LogP) is 2.04. The van der Waals surface area contributed by atoms with Crippen LogP contribution < -0.4 is 5.32 Å². The molecule has 7 nitrogen and oxygen atoms in total. The Hall–Kier alpha value is -2.04. The number of aliphatic hydroxyl groups is 1. The highest BCUT2D eigenvalue weighted by Gasteiger charge is 2.26. The van der Waals surface area contributed by atoms with Crippen LogP contribution in [0.3, 0.4) is 0 Å². The largest absolute Gasteiger partial charge is 0.395 e. The molecule has 0 radical (unpaired) electrons. The number of anilines is 1. The van der Waals surface area contributed by atoms with Crippen molar-refractivity contribution in [1.29, 1.82) is 5.26 Å². The van der Waals surface area contributed by atoms with E-state index in [9.17, 15) is 9.90 Å². The molecule has 1 aromatic heterocycles. The summed E-state index contributed by atoms with van der Waals surface area (Å²) in [6, 6.07) is 3.85. The van der Waals surface area contributed by atoms with Gasteiger partial charge in [0.15, 0.2) is 0 Å². The number of piperazine rings is 1. The normalized spacial score (nSPS) is 17.2. The molecular formula is C18H29N5O2. The van der Waals surface area contributed by atoms with Gasteiger partial charge in [-0.15, -0.1) is 0 Å². The number of hydrogen-bond acceptors (Lipinski definition) is 4. The van der Waals surface area contributed by atoms with E-state index in [1.165, 1.54) is 0 Å². The molecule has 0 spiro atoms. The Labute approximate surface area is 149 Å². The molecule has 1 saturated heterocycles. The Balaban J connectivity index is 2.02. The van der Waals surface area contributed by atoms with Gasteiger partial charge >= 0.3 is 6.03 Å². The zero-order valence-corrected chi connectivity index (χ0v) is 15.6. The third kappa shape index (κ3) is 4.53. The van der Waals surface area contributed by atoms with Crippen molar-refractivity contribution < 1.29 is 9.90 Å². The summed E-state index contributed by atoms with van der Waals surface area (Å²) in [6.45, 7) is 11.1. The average molecular weight is 347 g/mol. The van der Waals surface area contributed by atoms with E-state index >= 15 is 0 Å². The monoisotopic (exact) mass is 347 g/mol. The topological polar surface area (TPSA) is 84.5 Å². The van der Waals surface area contributed by atoms with Crippen LogP contribution in [0.4, 0.5) is 10.6 Å². The number of nitrogens with one attached hydrogen (secondary N) is 1. The third-order valence-electron chi connectivity index (χ3n) is 4.71. The van der Waals surface area contributed by atoms with E-state index < -0.39 is 0 Å². The van der Waals surface area contributed by atoms with Gasteiger partial charge in [-0.2, -0.15) is 5.26 Å². The molecule has 2 rings (SSSR count). The number of nitrogens with zero attached hydrogens (tertiary/aromatic N) is 4. The summed E-state index contributed by atoms with van der Waals surface area (Å²) in [5.74, 6) is 0.637. The number of aromatic nitrogens is 1. The van der Waals surface area contributed by atoms with Crippen LogP contribution >= 0.6 is 0 Å². The second-order valence-corrected chi connectivity index (χ2v) is 7.46. The maximum Gasteiger partial charge on any atom is 0.323 e. The fourth-order valence-corrected chi connectivity index (χ4v) is 3.16. The van der Waals surface area contributed by atoms with Crippen LogP contribution in [0.2, 0.25) is 0 Å². The van der Waals surface area contributed by atoms with Gasteiger partial charge in [0.2, 0.25) is 0 Å². The number of urea groups is 1. The number of hydrogen-bond donors (Lipinski definition) is 2. The number of carbonyl (C=O) groups is 1. The number of rotatable bonds is 4. The SMILES string of the molecule is CC[C@H](CO)N1CCN(C(=O)Nc2cc(C#N)cn2C(C)(C)C)CC1. The molecule has 0 unspecified atom stereocenters. The van der Waals surface area contributed by atoms with Gasteiger partial charge in [-0.25, -0.2) is 4.79 Å². The molecule has 0 aromatic carbocycles. The van der Waals surface area contributed by atoms with Crippen molar-refractivity contribution in [3.8, 4) is 6.07 Å². The molecule has 0 bridgehead atoms. The van der Waals surface area contributed by atoms with Crippen molar-refractivity contribution in [3.05, 3.63) is 17.8 Å². The minimum Gasteiger partial charge on any atom is -0.395 e. The fraction of sp³-hybridized carbons (Fsp3) is 0.667. The fourth-order valence-electron chi connectivity index (χ4n) is 3.16. The first kappa shape index (κ1) is 19.3. The van der Waals surface area contributed by atoms with Crippen LogP contribution in [0.1, 0.15) is 39.7 Å². The molecule has 7 heteroatoms. The molecule has 1 atom stereocenters. The lowest BCUT2D eigenvalue weighted by atomic mass is 10.1. The maximum absolute atomic E-state index is 12.6. The zero-order valence-electron chi connectivity index (χ0n) is 15.6. The first-order valence-corrected chi connectivity index (χ1v) is 8.84. The van der Waals surface area contributed by atoms with E-state index in [1.54, 1.807) is 17.2 Å². The molecule has 25 heavy (non-hydrogen) atoms. The molecule has 1 aliphatic rings. The Morgan fingerprint density at radius 3 is 2.48 bits per heavy atom. The van der Waals surface area contributed by atoms with Crippen LogP contribution in [-0.4, -0.2) is 64.3 Å². The van der Waals surface area contributed by atoms with E-state index in [2.05, 4.69) is 23.2 Å². The molecular weight excluding hydrogens is 318 g/mol. The van der Waals surface area contributed by atoms with Gasteiger partial charge in [0, 0.05) is 44.0 Å². The third-order valence-corrected chi connectivity index (χ3v) is 4.71. The predicted molar refractivity (Wildman–Crippen MR) is 97.5 cm³/mol. The Morgan fingerprint density at radius 1 is 1.36 bits per heavy atom. The lowest BCUT2D eigenvalue weighted by molar-refractivity contribution is 0.0765. The van der Waals surface area contributed by atoms with Gasteiger partial charge in [-0.3, -0.25) is 10.2 Å². The first-order valence-electron chi connectivity index (χ1n) is 8.84. The highest BCUT2D eigenvalue weighted by molar-refractivity contribution is 5.89. The molecule has 1 aromatic rings. The van der Waals surface area contributed by atoms with E-state index in [0.29, 0.717) is 24.5 Å². The van der Waals surface area contributed by atoms with Crippen molar-refractivity contribution in [3.63, 3.8) is 0 Å². The summed E-state index contributed by atoms with van der Waals surface area (Å²) >= 11 is 0. The molecule has 138 valence electrons. The Bertz CT molecular complexity index is 629. The summed E-state index contributed by atoms with van der Waals surface area (Å²) in [4.78, 5) is 16.6. The quantitative estimate of drug-likeness (QED) is 0.873. The number of carbonyl (C=O) groups excluding carboxylic acids is 1. The maximum atomic E-state index is 12.6. The van der Waals surface area contributed by atoms with Crippen molar-refractivity contribution in [2.45, 2.75) is 45.7 Å². The van der Waals surface area contributed by atoms with Gasteiger partial charge in [0.05, 0.1) is 12.2 Å². The second-order valence-electron chi connectivity index (χ2n) is 7.46. The van der Waals surface area contributed by atoms with Crippen LogP contribution in [0.5, 0.6) is 0 Å². The van der Waals surface area contributed by atoms with Crippen LogP contribution in [-0.2, 0) is 5.54 Å². The number of amides is 2. The summed E-state index contributed by atoms with van der Waals surface area (Å²) in [5.41, 5.74) is 0.301. The summed E-state index contributed by atoms with van der Waals surface area (Å²) < 4.78 is 1.92. The Morgan fingerprint density at radius 2 is 2.00 bits per heavy atom. The highest BCUT2D eigenvalue weighted by Crippen LogP contribution is 2.24. The van der Waals surface area contributed by atoms with Crippen LogP contribution in [0.15, 0.2) is 12.3 Å². The smallest absolute Gasteiger partial charge is 0.323 e. The number of aliphatic hydroxyl groups excluding tert-OH is 1. The van der Waals surface area contributed by atoms with Crippen LogP contribution in [0.25, 0.3) is 0 Å². The van der Waals surface area contributed by atoms with Gasteiger partial charge in [0.1, 0.15) is 11.9 Å². The summed E-state index contributed by atoms with van der Waals surface area (Å²) in [7, 11) is 0. The zero-order chi connectivity index (χ0) is 18.6. The van der Waals surface area contributed by atoms with Crippen molar-refractivity contribution in [1.82, 2.24) is 14.4 Å². The molecule has 2 N–H and O–H groups in total. The minimum absolute atomic E-state index is 0.148. The van der Waals surface area contributed by atoms with Gasteiger partial charge in [-0.1, -0.05) is 6.92 Å². The average Bonchev–Trinajstić information content (AvgIpc) is 3.00. The summed E-state index contributed by atoms with van der Waals surface area (Å²) in [6.07, 6.45) is 2.67. The van der Waals surface area contributed by atoms with E-state index in [4.69, 9.17) is 5.26 Å². The van der Waals surface area contributed by atoms with Gasteiger partial charge in [-0.05, 0) is 33.3 Å². The van der Waals surface area contributed by atoms with E-state index in [1.807, 2.05) is 25.3 Å². The molecule has 0 aliphatic carbocycles. The highest BCUT2D eigenvalue weighted by atomic mass is 16.3. The van der Waals surface area contributed by atoms with Crippen molar-refractivity contribution >= 4 is 11.8 Å². The second kappa shape index (κ2) is 7.89. The summed E-state index contributed by atoms with van der Waals surface area (Å²) in [5, 5.41) is 21.5. The molecule has 2 heterocycles. The Kier molecular flexibility index (Phi) is 6.09. The standard InChI is InChI=1S/C18H29N5O2/c1-5-15(13-24)21-6-8-22(9-7-21)17(25)20-16-10-14(11-19)12-23(16)18(2,3)4/h10,12,15,24H,5-9,13H2,1-4H3,(H,20,25)/t15-/m1/s1. The van der Waals surface area contributed by atoms with Crippen molar-refractivity contribution in [2.75, 3.05) is 38.1 Å². The van der Waals surface area contributed by atoms with Crippen LogP contribution in [0, 0.1) is 11.3 Å². The van der Waals surface area contributed by atoms with Gasteiger partial charge < -0.3 is 14.6 Å². The molecule has 1 aliphatic heterocycles. The first-order chi connectivity index (χ1) is 11.8. The molecule has 2 amide bonds. The lowest BCUT2D eigenvalue weighted by Crippen LogP contribution is -2.53. The van der Waals surface area contributed by atoms with E-state index in [-0.39, 0.29) is 24.2 Å². The minimum atomic E-state index is -0.230. The van der Waals surface area contributed by atoms with Crippen molar-refractivity contribution in [2.24, 2.45) is 0 Å².